The number of carbonyl (C=O) groups excluding carboxylic acids is 3. The second-order valence-corrected chi connectivity index (χ2v) is 6.37. The minimum absolute atomic E-state index is 0.132. The van der Waals surface area contributed by atoms with Gasteiger partial charge in [-0.15, -0.1) is 0 Å². The Morgan fingerprint density at radius 1 is 1.04 bits per heavy atom. The van der Waals surface area contributed by atoms with E-state index in [2.05, 4.69) is 10.1 Å². The molecule has 0 unspecified atom stereocenters. The van der Waals surface area contributed by atoms with Crippen molar-refractivity contribution in [3.8, 4) is 5.75 Å². The zero-order chi connectivity index (χ0) is 20.4. The number of nitrogens with zero attached hydrogens (tertiary/aromatic N) is 1. The highest BCUT2D eigenvalue weighted by molar-refractivity contribution is 5.98. The van der Waals surface area contributed by atoms with Crippen LogP contribution in [0.1, 0.15) is 42.5 Å². The van der Waals surface area contributed by atoms with Gasteiger partial charge in [-0.2, -0.15) is 8.78 Å². The number of ether oxygens (including phenoxy) is 2. The fourth-order valence-electron chi connectivity index (χ4n) is 2.88. The van der Waals surface area contributed by atoms with Crippen LogP contribution < -0.4 is 10.1 Å². The predicted octanol–water partition coefficient (Wildman–Crippen LogP) is 2.35. The molecule has 1 heterocycles. The number of rotatable bonds is 7. The number of esters is 1. The van der Waals surface area contributed by atoms with Crippen molar-refractivity contribution >= 4 is 17.8 Å². The molecule has 2 rings (SSSR count). The van der Waals surface area contributed by atoms with Gasteiger partial charge < -0.3 is 19.7 Å². The molecule has 2 amide bonds. The quantitative estimate of drug-likeness (QED) is 0.713. The normalized spacial score (nSPS) is 14.8. The molecule has 0 spiro atoms. The summed E-state index contributed by atoms with van der Waals surface area (Å²) in [5.74, 6) is -2.11. The van der Waals surface area contributed by atoms with Crippen LogP contribution in [0.25, 0.3) is 0 Å². The van der Waals surface area contributed by atoms with Gasteiger partial charge in [-0.1, -0.05) is 31.4 Å². The van der Waals surface area contributed by atoms with Crippen LogP contribution in [0.4, 0.5) is 8.78 Å². The summed E-state index contributed by atoms with van der Waals surface area (Å²) in [6.45, 7) is -2.66. The lowest BCUT2D eigenvalue weighted by atomic mass is 10.1. The van der Waals surface area contributed by atoms with Crippen molar-refractivity contribution in [2.75, 3.05) is 26.2 Å². The van der Waals surface area contributed by atoms with Crippen molar-refractivity contribution in [2.45, 2.75) is 38.7 Å². The molecule has 1 aromatic rings. The Morgan fingerprint density at radius 2 is 1.68 bits per heavy atom. The molecule has 1 aliphatic rings. The lowest BCUT2D eigenvalue weighted by Crippen LogP contribution is -2.38. The van der Waals surface area contributed by atoms with E-state index in [-0.39, 0.29) is 23.8 Å². The summed E-state index contributed by atoms with van der Waals surface area (Å²) in [7, 11) is 0. The third kappa shape index (κ3) is 7.13. The highest BCUT2D eigenvalue weighted by atomic mass is 19.3. The topological polar surface area (TPSA) is 84.9 Å². The van der Waals surface area contributed by atoms with Crippen LogP contribution in [0.15, 0.2) is 24.3 Å². The standard InChI is InChI=1S/C19H24F2N2O5/c20-19(21)28-15-9-5-4-8-14(15)18(26)22-12-17(25)27-13-16(24)23-10-6-2-1-3-7-11-23/h4-5,8-9,19H,1-3,6-7,10-13H2,(H,22,26). The van der Waals surface area contributed by atoms with Crippen LogP contribution in [0, 0.1) is 0 Å². The summed E-state index contributed by atoms with van der Waals surface area (Å²) >= 11 is 0. The lowest BCUT2D eigenvalue weighted by molar-refractivity contribution is -0.151. The number of nitrogens with one attached hydrogen (secondary N) is 1. The van der Waals surface area contributed by atoms with Crippen molar-refractivity contribution in [2.24, 2.45) is 0 Å². The molecule has 1 aliphatic heterocycles. The first-order chi connectivity index (χ1) is 13.5. The molecule has 7 nitrogen and oxygen atoms in total. The van der Waals surface area contributed by atoms with E-state index in [1.165, 1.54) is 30.7 Å². The van der Waals surface area contributed by atoms with Gasteiger partial charge in [0.15, 0.2) is 6.61 Å². The first-order valence-corrected chi connectivity index (χ1v) is 9.23. The predicted molar refractivity (Wildman–Crippen MR) is 96.0 cm³/mol. The molecule has 0 radical (unpaired) electrons. The van der Waals surface area contributed by atoms with Gasteiger partial charge in [0.05, 0.1) is 5.56 Å². The van der Waals surface area contributed by atoms with Crippen molar-refractivity contribution in [3.63, 3.8) is 0 Å². The van der Waals surface area contributed by atoms with E-state index in [1.807, 2.05) is 0 Å². The highest BCUT2D eigenvalue weighted by Gasteiger charge is 2.18. The Hall–Kier alpha value is -2.71. The number of likely N-dealkylation sites (tertiary alicyclic amines) is 1. The van der Waals surface area contributed by atoms with Crippen molar-refractivity contribution in [3.05, 3.63) is 29.8 Å². The molecule has 0 saturated carbocycles. The summed E-state index contributed by atoms with van der Waals surface area (Å²) in [6, 6.07) is 5.44. The number of carbonyl (C=O) groups is 3. The Kier molecular flexibility index (Phi) is 8.64. The third-order valence-corrected chi connectivity index (χ3v) is 4.31. The Labute approximate surface area is 162 Å². The number of amides is 2. The van der Waals surface area contributed by atoms with Crippen LogP contribution in [-0.4, -0.2) is 55.5 Å². The van der Waals surface area contributed by atoms with Gasteiger partial charge in [0.25, 0.3) is 11.8 Å². The van der Waals surface area contributed by atoms with Crippen LogP contribution in [-0.2, 0) is 14.3 Å². The molecule has 0 atom stereocenters. The minimum Gasteiger partial charge on any atom is -0.454 e. The van der Waals surface area contributed by atoms with E-state index >= 15 is 0 Å². The van der Waals surface area contributed by atoms with Crippen LogP contribution in [0.5, 0.6) is 5.75 Å². The molecule has 1 fully saturated rings. The zero-order valence-corrected chi connectivity index (χ0v) is 15.5. The van der Waals surface area contributed by atoms with Gasteiger partial charge in [-0.3, -0.25) is 14.4 Å². The molecule has 28 heavy (non-hydrogen) atoms. The Balaban J connectivity index is 1.77. The van der Waals surface area contributed by atoms with Gasteiger partial charge in [0.1, 0.15) is 12.3 Å². The molecule has 154 valence electrons. The summed E-state index contributed by atoms with van der Waals surface area (Å²) in [5, 5.41) is 2.27. The molecule has 9 heteroatoms. The van der Waals surface area contributed by atoms with E-state index in [1.54, 1.807) is 4.90 Å². The van der Waals surface area contributed by atoms with E-state index < -0.39 is 25.0 Å². The largest absolute Gasteiger partial charge is 0.454 e. The highest BCUT2D eigenvalue weighted by Crippen LogP contribution is 2.20. The first kappa shape index (κ1) is 21.6. The monoisotopic (exact) mass is 398 g/mol. The molecule has 1 aromatic carbocycles. The second kappa shape index (κ2) is 11.2. The van der Waals surface area contributed by atoms with Crippen LogP contribution in [0.3, 0.4) is 0 Å². The molecule has 0 bridgehead atoms. The smallest absolute Gasteiger partial charge is 0.387 e. The van der Waals surface area contributed by atoms with Gasteiger partial charge in [-0.25, -0.2) is 0 Å². The summed E-state index contributed by atoms with van der Waals surface area (Å²) in [6.07, 6.45) is 5.17. The fraction of sp³-hybridized carbons (Fsp3) is 0.526. The average Bonchev–Trinajstić information content (AvgIpc) is 2.64. The summed E-state index contributed by atoms with van der Waals surface area (Å²) in [4.78, 5) is 37.7. The Bertz CT molecular complexity index is 676. The fourth-order valence-corrected chi connectivity index (χ4v) is 2.88. The number of hydrogen-bond acceptors (Lipinski definition) is 5. The van der Waals surface area contributed by atoms with E-state index in [4.69, 9.17) is 4.74 Å². The maximum atomic E-state index is 12.4. The van der Waals surface area contributed by atoms with Gasteiger partial charge in [0.2, 0.25) is 0 Å². The van der Waals surface area contributed by atoms with Gasteiger partial charge in [-0.05, 0) is 25.0 Å². The Morgan fingerprint density at radius 3 is 2.36 bits per heavy atom. The van der Waals surface area contributed by atoms with E-state index in [0.717, 1.165) is 25.7 Å². The van der Waals surface area contributed by atoms with Crippen molar-refractivity contribution in [1.29, 1.82) is 0 Å². The summed E-state index contributed by atoms with van der Waals surface area (Å²) in [5.41, 5.74) is -0.132. The molecular formula is C19H24F2N2O5. The van der Waals surface area contributed by atoms with Crippen molar-refractivity contribution in [1.82, 2.24) is 10.2 Å². The minimum atomic E-state index is -3.08. The molecule has 0 aliphatic carbocycles. The van der Waals surface area contributed by atoms with E-state index in [9.17, 15) is 23.2 Å². The van der Waals surface area contributed by atoms with E-state index in [0.29, 0.717) is 13.1 Å². The maximum absolute atomic E-state index is 12.4. The first-order valence-electron chi connectivity index (χ1n) is 9.23. The molecular weight excluding hydrogens is 374 g/mol. The number of para-hydroxylation sites is 1. The number of alkyl halides is 2. The second-order valence-electron chi connectivity index (χ2n) is 6.37. The number of benzene rings is 1. The van der Waals surface area contributed by atoms with Crippen LogP contribution in [0.2, 0.25) is 0 Å². The van der Waals surface area contributed by atoms with Crippen molar-refractivity contribution < 1.29 is 32.6 Å². The molecule has 1 N–H and O–H groups in total. The third-order valence-electron chi connectivity index (χ3n) is 4.31. The lowest BCUT2D eigenvalue weighted by Gasteiger charge is -2.24. The zero-order valence-electron chi connectivity index (χ0n) is 15.5. The number of halogens is 2. The SMILES string of the molecule is O=C(CNC(=O)c1ccccc1OC(F)F)OCC(=O)N1CCCCCCC1. The van der Waals surface area contributed by atoms with Gasteiger partial charge in [0, 0.05) is 13.1 Å². The van der Waals surface area contributed by atoms with Gasteiger partial charge >= 0.3 is 12.6 Å². The molecule has 1 saturated heterocycles. The van der Waals surface area contributed by atoms with Crippen LogP contribution >= 0.6 is 0 Å². The number of hydrogen-bond donors (Lipinski definition) is 1. The average molecular weight is 398 g/mol. The molecule has 0 aromatic heterocycles. The summed E-state index contributed by atoms with van der Waals surface area (Å²) < 4.78 is 34.0. The maximum Gasteiger partial charge on any atom is 0.387 e.